The second-order valence-corrected chi connectivity index (χ2v) is 5.55. The molecule has 1 saturated heterocycles. The number of carbonyl (C=O) groups excluding carboxylic acids is 1. The summed E-state index contributed by atoms with van der Waals surface area (Å²) in [5.74, 6) is 0.0485. The van der Waals surface area contributed by atoms with Gasteiger partial charge in [-0.15, -0.1) is 0 Å². The van der Waals surface area contributed by atoms with Gasteiger partial charge in [-0.3, -0.25) is 9.59 Å². The van der Waals surface area contributed by atoms with Gasteiger partial charge in [0.1, 0.15) is 6.54 Å². The Hall–Kier alpha value is -1.58. The molecule has 0 radical (unpaired) electrons. The van der Waals surface area contributed by atoms with Crippen molar-refractivity contribution in [3.8, 4) is 0 Å². The van der Waals surface area contributed by atoms with Crippen molar-refractivity contribution >= 4 is 5.91 Å². The van der Waals surface area contributed by atoms with Gasteiger partial charge in [0.2, 0.25) is 5.91 Å². The van der Waals surface area contributed by atoms with Gasteiger partial charge in [0.05, 0.1) is 0 Å². The molecule has 0 spiro atoms. The Morgan fingerprint density at radius 1 is 1.32 bits per heavy atom. The Morgan fingerprint density at radius 2 is 1.95 bits per heavy atom. The lowest BCUT2D eigenvalue weighted by Crippen LogP contribution is -2.49. The number of nitrogens with zero attached hydrogens (tertiary/aromatic N) is 2. The minimum Gasteiger partial charge on any atom is -0.336 e. The Bertz CT molecular complexity index is 511. The van der Waals surface area contributed by atoms with E-state index in [1.165, 1.54) is 11.0 Å². The van der Waals surface area contributed by atoms with E-state index in [9.17, 15) is 9.59 Å². The lowest BCUT2D eigenvalue weighted by Gasteiger charge is -2.39. The third kappa shape index (κ3) is 2.88. The summed E-state index contributed by atoms with van der Waals surface area (Å²) in [5.41, 5.74) is 0.600. The zero-order chi connectivity index (χ0) is 14.0. The number of piperidine rings is 1. The van der Waals surface area contributed by atoms with Gasteiger partial charge in [-0.1, -0.05) is 6.07 Å². The first-order valence-electron chi connectivity index (χ1n) is 6.98. The highest BCUT2D eigenvalue weighted by atomic mass is 16.2. The van der Waals surface area contributed by atoms with Crippen molar-refractivity contribution in [2.24, 2.45) is 0 Å². The molecule has 0 N–H and O–H groups in total. The molecule has 19 heavy (non-hydrogen) atoms. The Labute approximate surface area is 114 Å². The molecule has 4 heteroatoms. The highest BCUT2D eigenvalue weighted by Gasteiger charge is 2.28. The minimum atomic E-state index is -0.0758. The van der Waals surface area contributed by atoms with Crippen LogP contribution in [0.15, 0.2) is 23.1 Å². The van der Waals surface area contributed by atoms with Crippen LogP contribution < -0.4 is 5.56 Å². The predicted octanol–water partition coefficient (Wildman–Crippen LogP) is 1.95. The highest BCUT2D eigenvalue weighted by molar-refractivity contribution is 5.76. The number of carbonyl (C=O) groups is 1. The van der Waals surface area contributed by atoms with Gasteiger partial charge in [-0.2, -0.15) is 0 Å². The molecule has 2 atom stereocenters. The van der Waals surface area contributed by atoms with E-state index in [1.807, 2.05) is 11.0 Å². The van der Waals surface area contributed by atoms with Gasteiger partial charge in [0.25, 0.3) is 5.56 Å². The first-order chi connectivity index (χ1) is 9.00. The van der Waals surface area contributed by atoms with E-state index in [4.69, 9.17) is 0 Å². The normalized spacial score (nSPS) is 23.4. The number of rotatable bonds is 2. The van der Waals surface area contributed by atoms with Crippen LogP contribution in [0.25, 0.3) is 0 Å². The summed E-state index contributed by atoms with van der Waals surface area (Å²) in [6.45, 7) is 6.10. The van der Waals surface area contributed by atoms with Crippen LogP contribution in [0, 0.1) is 6.92 Å². The Kier molecular flexibility index (Phi) is 4.08. The van der Waals surface area contributed by atoms with Crippen molar-refractivity contribution in [3.63, 3.8) is 0 Å². The molecule has 1 fully saturated rings. The molecule has 2 rings (SSSR count). The SMILES string of the molecule is Cc1cccn(CC(=O)N2C(C)CCCC2C)c1=O. The fraction of sp³-hybridized carbons (Fsp3) is 0.600. The Morgan fingerprint density at radius 3 is 2.58 bits per heavy atom. The first kappa shape index (κ1) is 13.8. The van der Waals surface area contributed by atoms with Crippen LogP contribution in [0.4, 0.5) is 0 Å². The summed E-state index contributed by atoms with van der Waals surface area (Å²) in [6, 6.07) is 4.14. The van der Waals surface area contributed by atoms with Crippen molar-refractivity contribution in [1.29, 1.82) is 0 Å². The molecule has 2 unspecified atom stereocenters. The van der Waals surface area contributed by atoms with Gasteiger partial charge in [0.15, 0.2) is 0 Å². The van der Waals surface area contributed by atoms with Gasteiger partial charge < -0.3 is 9.47 Å². The van der Waals surface area contributed by atoms with Crippen LogP contribution in [0.2, 0.25) is 0 Å². The highest BCUT2D eigenvalue weighted by Crippen LogP contribution is 2.22. The molecule has 1 aliphatic rings. The van der Waals surface area contributed by atoms with Crippen LogP contribution in [0.1, 0.15) is 38.7 Å². The largest absolute Gasteiger partial charge is 0.336 e. The predicted molar refractivity (Wildman–Crippen MR) is 75.1 cm³/mol. The number of aromatic nitrogens is 1. The molecule has 0 saturated carbocycles. The summed E-state index contributed by atoms with van der Waals surface area (Å²) in [6.07, 6.45) is 4.97. The standard InChI is InChI=1S/C15H22N2O2/c1-11-6-5-9-16(15(11)19)10-14(18)17-12(2)7-4-8-13(17)3/h5-6,9,12-13H,4,7-8,10H2,1-3H3. The molecule has 1 aliphatic heterocycles. The maximum absolute atomic E-state index is 12.4. The lowest BCUT2D eigenvalue weighted by molar-refractivity contribution is -0.138. The van der Waals surface area contributed by atoms with Gasteiger partial charge >= 0.3 is 0 Å². The summed E-state index contributed by atoms with van der Waals surface area (Å²) < 4.78 is 1.51. The number of likely N-dealkylation sites (tertiary alicyclic amines) is 1. The minimum absolute atomic E-state index is 0.0485. The zero-order valence-corrected chi connectivity index (χ0v) is 11.9. The van der Waals surface area contributed by atoms with Crippen molar-refractivity contribution in [2.45, 2.75) is 58.7 Å². The fourth-order valence-corrected chi connectivity index (χ4v) is 2.92. The third-order valence-corrected chi connectivity index (χ3v) is 4.00. The summed E-state index contributed by atoms with van der Waals surface area (Å²) >= 11 is 0. The molecule has 1 aromatic rings. The molecule has 0 aromatic carbocycles. The van der Waals surface area contributed by atoms with Gasteiger partial charge in [-0.25, -0.2) is 0 Å². The molecule has 1 amide bonds. The molecule has 0 aliphatic carbocycles. The second-order valence-electron chi connectivity index (χ2n) is 5.55. The molecule has 1 aromatic heterocycles. The monoisotopic (exact) mass is 262 g/mol. The van der Waals surface area contributed by atoms with Crippen LogP contribution >= 0.6 is 0 Å². The summed E-state index contributed by atoms with van der Waals surface area (Å²) in [5, 5.41) is 0. The van der Waals surface area contributed by atoms with Crippen LogP contribution in [-0.4, -0.2) is 27.5 Å². The van der Waals surface area contributed by atoms with E-state index in [0.29, 0.717) is 5.56 Å². The number of aryl methyl sites for hydroxylation is 1. The number of hydrogen-bond donors (Lipinski definition) is 0. The van der Waals surface area contributed by atoms with Crippen LogP contribution in [0.3, 0.4) is 0 Å². The number of amides is 1. The molecular weight excluding hydrogens is 240 g/mol. The van der Waals surface area contributed by atoms with Crippen molar-refractivity contribution in [1.82, 2.24) is 9.47 Å². The molecule has 0 bridgehead atoms. The zero-order valence-electron chi connectivity index (χ0n) is 11.9. The Balaban J connectivity index is 2.16. The smallest absolute Gasteiger partial charge is 0.253 e. The maximum Gasteiger partial charge on any atom is 0.253 e. The molecule has 104 valence electrons. The number of hydrogen-bond acceptors (Lipinski definition) is 2. The lowest BCUT2D eigenvalue weighted by atomic mass is 9.97. The van der Waals surface area contributed by atoms with Crippen LogP contribution in [-0.2, 0) is 11.3 Å². The van der Waals surface area contributed by atoms with Gasteiger partial charge in [-0.05, 0) is 46.1 Å². The first-order valence-corrected chi connectivity index (χ1v) is 6.98. The quantitative estimate of drug-likeness (QED) is 0.817. The topological polar surface area (TPSA) is 42.3 Å². The van der Waals surface area contributed by atoms with E-state index in [2.05, 4.69) is 13.8 Å². The van der Waals surface area contributed by atoms with Crippen molar-refractivity contribution < 1.29 is 4.79 Å². The van der Waals surface area contributed by atoms with Crippen LogP contribution in [0.5, 0.6) is 0 Å². The van der Waals surface area contributed by atoms with E-state index in [1.54, 1.807) is 19.2 Å². The van der Waals surface area contributed by atoms with E-state index in [0.717, 1.165) is 12.8 Å². The van der Waals surface area contributed by atoms with Crippen molar-refractivity contribution in [3.05, 3.63) is 34.2 Å². The molecule has 2 heterocycles. The molecule has 4 nitrogen and oxygen atoms in total. The number of pyridine rings is 1. The average Bonchev–Trinajstić information content (AvgIpc) is 2.35. The third-order valence-electron chi connectivity index (χ3n) is 4.00. The second kappa shape index (κ2) is 5.59. The summed E-state index contributed by atoms with van der Waals surface area (Å²) in [4.78, 5) is 26.3. The average molecular weight is 262 g/mol. The fourth-order valence-electron chi connectivity index (χ4n) is 2.92. The van der Waals surface area contributed by atoms with E-state index >= 15 is 0 Å². The maximum atomic E-state index is 12.4. The van der Waals surface area contributed by atoms with E-state index in [-0.39, 0.29) is 30.1 Å². The van der Waals surface area contributed by atoms with E-state index < -0.39 is 0 Å². The summed E-state index contributed by atoms with van der Waals surface area (Å²) in [7, 11) is 0. The van der Waals surface area contributed by atoms with Gasteiger partial charge in [0, 0.05) is 23.8 Å². The molecular formula is C15H22N2O2. The van der Waals surface area contributed by atoms with Crippen molar-refractivity contribution in [2.75, 3.05) is 0 Å².